The molecule has 0 fully saturated rings. The molecule has 1 rings (SSSR count). The van der Waals surface area contributed by atoms with Gasteiger partial charge in [0.25, 0.3) is 11.6 Å². The van der Waals surface area contributed by atoms with Gasteiger partial charge in [0.2, 0.25) is 0 Å². The third kappa shape index (κ3) is 4.31. The Morgan fingerprint density at radius 2 is 2.10 bits per heavy atom. The summed E-state index contributed by atoms with van der Waals surface area (Å²) in [6, 6.07) is 4.60. The van der Waals surface area contributed by atoms with Crippen molar-refractivity contribution < 1.29 is 14.8 Å². The third-order valence-electron chi connectivity index (χ3n) is 2.91. The van der Waals surface area contributed by atoms with Crippen molar-refractivity contribution in [1.82, 2.24) is 5.32 Å². The summed E-state index contributed by atoms with van der Waals surface area (Å²) >= 11 is 0. The van der Waals surface area contributed by atoms with Crippen LogP contribution in [0.4, 0.5) is 5.69 Å². The molecule has 0 saturated carbocycles. The van der Waals surface area contributed by atoms with E-state index in [9.17, 15) is 20.0 Å². The minimum Gasteiger partial charge on any atom is -0.391 e. The van der Waals surface area contributed by atoms with Crippen LogP contribution < -0.4 is 5.32 Å². The van der Waals surface area contributed by atoms with Crippen LogP contribution in [0.3, 0.4) is 0 Å². The summed E-state index contributed by atoms with van der Waals surface area (Å²) < 4.78 is 0. The summed E-state index contributed by atoms with van der Waals surface area (Å²) in [5, 5.41) is 23.2. The lowest BCUT2D eigenvalue weighted by molar-refractivity contribution is -0.385. The molecule has 0 saturated heterocycles. The van der Waals surface area contributed by atoms with Gasteiger partial charge in [0, 0.05) is 12.1 Å². The van der Waals surface area contributed by atoms with Crippen LogP contribution in [0.5, 0.6) is 0 Å². The zero-order valence-electron chi connectivity index (χ0n) is 11.9. The van der Waals surface area contributed by atoms with Crippen LogP contribution in [0.25, 0.3) is 0 Å². The second kappa shape index (κ2) is 7.00. The maximum absolute atomic E-state index is 12.0. The third-order valence-corrected chi connectivity index (χ3v) is 2.91. The smallest absolute Gasteiger partial charge is 0.285 e. The number of aliphatic hydroxyl groups excluding tert-OH is 1. The van der Waals surface area contributed by atoms with Gasteiger partial charge < -0.3 is 10.4 Å². The van der Waals surface area contributed by atoms with Gasteiger partial charge in [-0.05, 0) is 25.3 Å². The predicted octanol–water partition coefficient (Wildman–Crippen LogP) is 2.04. The Balaban J connectivity index is 2.78. The Bertz CT molecular complexity index is 500. The average Bonchev–Trinajstić information content (AvgIpc) is 2.34. The van der Waals surface area contributed by atoms with E-state index in [1.807, 2.05) is 13.8 Å². The number of hydrogen-bond donors (Lipinski definition) is 2. The van der Waals surface area contributed by atoms with Crippen molar-refractivity contribution >= 4 is 11.6 Å². The monoisotopic (exact) mass is 280 g/mol. The lowest BCUT2D eigenvalue weighted by Crippen LogP contribution is -2.33. The number of aryl methyl sites for hydroxylation is 1. The molecule has 0 heterocycles. The minimum atomic E-state index is -0.650. The number of carbonyl (C=O) groups is 1. The second-order valence-corrected chi connectivity index (χ2v) is 5.22. The molecule has 1 aromatic rings. The molecule has 0 spiro atoms. The van der Waals surface area contributed by atoms with Crippen molar-refractivity contribution in [1.29, 1.82) is 0 Å². The average molecular weight is 280 g/mol. The van der Waals surface area contributed by atoms with E-state index in [0.29, 0.717) is 17.9 Å². The van der Waals surface area contributed by atoms with Crippen molar-refractivity contribution in [2.45, 2.75) is 33.3 Å². The molecular weight excluding hydrogens is 260 g/mol. The number of nitro benzene ring substituents is 1. The summed E-state index contributed by atoms with van der Waals surface area (Å²) in [6.07, 6.45) is -0.0845. The number of hydrogen-bond acceptors (Lipinski definition) is 4. The van der Waals surface area contributed by atoms with Gasteiger partial charge in [0.1, 0.15) is 5.56 Å². The van der Waals surface area contributed by atoms with Crippen LogP contribution in [0, 0.1) is 23.0 Å². The van der Waals surface area contributed by atoms with E-state index in [-0.39, 0.29) is 17.8 Å². The van der Waals surface area contributed by atoms with Crippen molar-refractivity contribution in [2.75, 3.05) is 6.54 Å². The maximum Gasteiger partial charge on any atom is 0.285 e. The van der Waals surface area contributed by atoms with Crippen molar-refractivity contribution in [3.05, 3.63) is 39.4 Å². The number of para-hydroxylation sites is 1. The van der Waals surface area contributed by atoms with Crippen LogP contribution in [0.1, 0.15) is 36.2 Å². The zero-order valence-corrected chi connectivity index (χ0v) is 11.9. The molecule has 6 heteroatoms. The molecule has 1 atom stereocenters. The minimum absolute atomic E-state index is 0.0201. The van der Waals surface area contributed by atoms with Gasteiger partial charge in [0.05, 0.1) is 11.0 Å². The van der Waals surface area contributed by atoms with Crippen LogP contribution in [0.15, 0.2) is 18.2 Å². The highest BCUT2D eigenvalue weighted by molar-refractivity contribution is 5.98. The largest absolute Gasteiger partial charge is 0.391 e. The Labute approximate surface area is 118 Å². The summed E-state index contributed by atoms with van der Waals surface area (Å²) in [5.41, 5.74) is 0.264. The Morgan fingerprint density at radius 3 is 2.65 bits per heavy atom. The molecule has 0 bridgehead atoms. The number of aliphatic hydroxyl groups is 1. The first-order valence-corrected chi connectivity index (χ1v) is 6.53. The first-order valence-electron chi connectivity index (χ1n) is 6.53. The van der Waals surface area contributed by atoms with Gasteiger partial charge in [-0.15, -0.1) is 0 Å². The van der Waals surface area contributed by atoms with Crippen LogP contribution in [0.2, 0.25) is 0 Å². The van der Waals surface area contributed by atoms with Crippen molar-refractivity contribution in [3.8, 4) is 0 Å². The first-order chi connectivity index (χ1) is 9.32. The zero-order chi connectivity index (χ0) is 15.3. The van der Waals surface area contributed by atoms with Crippen molar-refractivity contribution in [3.63, 3.8) is 0 Å². The van der Waals surface area contributed by atoms with Crippen LogP contribution >= 0.6 is 0 Å². The number of benzene rings is 1. The van der Waals surface area contributed by atoms with E-state index in [1.54, 1.807) is 19.1 Å². The normalized spacial score (nSPS) is 12.2. The molecule has 0 radical (unpaired) electrons. The van der Waals surface area contributed by atoms with E-state index in [2.05, 4.69) is 5.32 Å². The van der Waals surface area contributed by atoms with Gasteiger partial charge in [-0.3, -0.25) is 14.9 Å². The number of carbonyl (C=O) groups excluding carboxylic acids is 1. The van der Waals surface area contributed by atoms with Gasteiger partial charge in [-0.25, -0.2) is 0 Å². The van der Waals surface area contributed by atoms with Gasteiger partial charge in [-0.2, -0.15) is 0 Å². The SMILES string of the molecule is Cc1cccc(C(=O)NCC(O)CC(C)C)c1[N+](=O)[O-]. The maximum atomic E-state index is 12.0. The Morgan fingerprint density at radius 1 is 1.45 bits per heavy atom. The standard InChI is InChI=1S/C14H20N2O4/c1-9(2)7-11(17)8-15-14(18)12-6-4-5-10(3)13(12)16(19)20/h4-6,9,11,17H,7-8H2,1-3H3,(H,15,18). The molecule has 0 aliphatic carbocycles. The lowest BCUT2D eigenvalue weighted by Gasteiger charge is -2.14. The fourth-order valence-electron chi connectivity index (χ4n) is 2.02. The molecule has 20 heavy (non-hydrogen) atoms. The van der Waals surface area contributed by atoms with Gasteiger partial charge >= 0.3 is 0 Å². The molecule has 6 nitrogen and oxygen atoms in total. The van der Waals surface area contributed by atoms with E-state index in [1.165, 1.54) is 6.07 Å². The number of amides is 1. The number of nitrogens with one attached hydrogen (secondary N) is 1. The number of nitrogens with zero attached hydrogens (tertiary/aromatic N) is 1. The Kier molecular flexibility index (Phi) is 5.64. The molecule has 0 aromatic heterocycles. The molecule has 1 amide bonds. The summed E-state index contributed by atoms with van der Waals surface area (Å²) in [5.74, 6) is -0.224. The molecule has 1 unspecified atom stereocenters. The van der Waals surface area contributed by atoms with E-state index >= 15 is 0 Å². The highest BCUT2D eigenvalue weighted by Gasteiger charge is 2.22. The summed E-state index contributed by atoms with van der Waals surface area (Å²) in [4.78, 5) is 22.4. The molecular formula is C14H20N2O4. The van der Waals surface area contributed by atoms with E-state index in [4.69, 9.17) is 0 Å². The van der Waals surface area contributed by atoms with Gasteiger partial charge in [-0.1, -0.05) is 26.0 Å². The second-order valence-electron chi connectivity index (χ2n) is 5.22. The predicted molar refractivity (Wildman–Crippen MR) is 75.6 cm³/mol. The van der Waals surface area contributed by atoms with E-state index < -0.39 is 16.9 Å². The lowest BCUT2D eigenvalue weighted by atomic mass is 10.1. The summed E-state index contributed by atoms with van der Waals surface area (Å²) in [7, 11) is 0. The topological polar surface area (TPSA) is 92.5 Å². The van der Waals surface area contributed by atoms with Crippen LogP contribution in [-0.2, 0) is 0 Å². The molecule has 2 N–H and O–H groups in total. The fraction of sp³-hybridized carbons (Fsp3) is 0.500. The fourth-order valence-corrected chi connectivity index (χ4v) is 2.02. The number of rotatable bonds is 6. The van der Waals surface area contributed by atoms with Crippen molar-refractivity contribution in [2.24, 2.45) is 5.92 Å². The molecule has 1 aromatic carbocycles. The molecule has 0 aliphatic rings. The quantitative estimate of drug-likeness (QED) is 0.616. The Hall–Kier alpha value is -1.95. The first kappa shape index (κ1) is 16.1. The molecule has 110 valence electrons. The highest BCUT2D eigenvalue weighted by Crippen LogP contribution is 2.22. The highest BCUT2D eigenvalue weighted by atomic mass is 16.6. The van der Waals surface area contributed by atoms with E-state index in [0.717, 1.165) is 0 Å². The number of nitro groups is 1. The van der Waals surface area contributed by atoms with Gasteiger partial charge in [0.15, 0.2) is 0 Å². The molecule has 0 aliphatic heterocycles. The van der Waals surface area contributed by atoms with Crippen LogP contribution in [-0.4, -0.2) is 28.6 Å². The summed E-state index contributed by atoms with van der Waals surface area (Å²) in [6.45, 7) is 5.61.